The van der Waals surface area contributed by atoms with Crippen molar-refractivity contribution in [2.24, 2.45) is 11.1 Å². The highest BCUT2D eigenvalue weighted by atomic mass is 16.5. The van der Waals surface area contributed by atoms with E-state index < -0.39 is 6.04 Å². The van der Waals surface area contributed by atoms with Crippen molar-refractivity contribution < 1.29 is 9.53 Å². The Balaban J connectivity index is 4.36. The van der Waals surface area contributed by atoms with Crippen molar-refractivity contribution >= 4 is 5.97 Å². The van der Waals surface area contributed by atoms with Crippen LogP contribution in [-0.4, -0.2) is 19.1 Å². The van der Waals surface area contributed by atoms with Gasteiger partial charge in [0.1, 0.15) is 6.04 Å². The Morgan fingerprint density at radius 2 is 2.14 bits per heavy atom. The zero-order chi connectivity index (χ0) is 11.2. The number of carbonyl (C=O) groups is 1. The highest BCUT2D eigenvalue weighted by Gasteiger charge is 2.30. The Morgan fingerprint density at radius 3 is 2.57 bits per heavy atom. The fourth-order valence-electron chi connectivity index (χ4n) is 1.09. The number of unbranched alkanes of at least 4 members (excludes halogenated alkanes) is 1. The molecule has 1 unspecified atom stereocenters. The van der Waals surface area contributed by atoms with Gasteiger partial charge in [0.15, 0.2) is 0 Å². The number of hydrogen-bond acceptors (Lipinski definition) is 3. The topological polar surface area (TPSA) is 52.3 Å². The van der Waals surface area contributed by atoms with Gasteiger partial charge in [-0.05, 0) is 6.42 Å². The number of methoxy groups -OCH3 is 1. The van der Waals surface area contributed by atoms with Crippen LogP contribution < -0.4 is 5.73 Å². The van der Waals surface area contributed by atoms with E-state index in [0.717, 1.165) is 12.8 Å². The van der Waals surface area contributed by atoms with Crippen LogP contribution in [0.25, 0.3) is 0 Å². The second-order valence-corrected chi connectivity index (χ2v) is 4.01. The number of nitrogens with two attached hydrogens (primary N) is 1. The van der Waals surface area contributed by atoms with E-state index in [-0.39, 0.29) is 11.4 Å². The normalized spacial score (nSPS) is 14.4. The first-order chi connectivity index (χ1) is 6.45. The summed E-state index contributed by atoms with van der Waals surface area (Å²) in [7, 11) is 1.36. The van der Waals surface area contributed by atoms with E-state index in [2.05, 4.69) is 17.7 Å². The van der Waals surface area contributed by atoms with Crippen molar-refractivity contribution in [2.45, 2.75) is 39.7 Å². The maximum Gasteiger partial charge on any atom is 0.323 e. The first-order valence-corrected chi connectivity index (χ1v) is 4.96. The van der Waals surface area contributed by atoms with Crippen LogP contribution in [-0.2, 0) is 9.53 Å². The lowest BCUT2D eigenvalue weighted by Crippen LogP contribution is -2.43. The van der Waals surface area contributed by atoms with E-state index >= 15 is 0 Å². The lowest BCUT2D eigenvalue weighted by Gasteiger charge is -2.25. The molecule has 0 radical (unpaired) electrons. The molecule has 0 rings (SSSR count). The molecule has 0 spiro atoms. The number of rotatable bonds is 5. The minimum absolute atomic E-state index is 0.345. The molecular formula is C11H21NO2. The van der Waals surface area contributed by atoms with Crippen molar-refractivity contribution in [1.29, 1.82) is 0 Å². The quantitative estimate of drug-likeness (QED) is 0.543. The molecule has 0 amide bonds. The van der Waals surface area contributed by atoms with Gasteiger partial charge in [-0.25, -0.2) is 0 Å². The molecule has 0 heterocycles. The SMILES string of the molecule is CCC/C=C/C(C)(C)C(N)C(=O)OC. The van der Waals surface area contributed by atoms with Gasteiger partial charge in [-0.3, -0.25) is 4.79 Å². The summed E-state index contributed by atoms with van der Waals surface area (Å²) in [5.74, 6) is -0.365. The van der Waals surface area contributed by atoms with Gasteiger partial charge in [0, 0.05) is 5.41 Å². The maximum absolute atomic E-state index is 11.2. The highest BCUT2D eigenvalue weighted by molar-refractivity contribution is 5.76. The maximum atomic E-state index is 11.2. The van der Waals surface area contributed by atoms with Crippen LogP contribution in [0.5, 0.6) is 0 Å². The van der Waals surface area contributed by atoms with E-state index in [1.54, 1.807) is 0 Å². The molecule has 0 saturated carbocycles. The van der Waals surface area contributed by atoms with Crippen LogP contribution in [0, 0.1) is 5.41 Å². The largest absolute Gasteiger partial charge is 0.468 e. The Kier molecular flexibility index (Phi) is 5.46. The summed E-state index contributed by atoms with van der Waals surface area (Å²) in [5, 5.41) is 0. The molecule has 0 aromatic rings. The second kappa shape index (κ2) is 5.81. The fraction of sp³-hybridized carbons (Fsp3) is 0.727. The molecule has 0 fully saturated rings. The molecule has 0 aliphatic carbocycles. The molecule has 3 heteroatoms. The number of hydrogen-bond donors (Lipinski definition) is 1. The third-order valence-electron chi connectivity index (χ3n) is 2.26. The van der Waals surface area contributed by atoms with Crippen molar-refractivity contribution in [3.63, 3.8) is 0 Å². The summed E-state index contributed by atoms with van der Waals surface area (Å²) in [6.07, 6.45) is 6.15. The number of carbonyl (C=O) groups excluding carboxylic acids is 1. The summed E-state index contributed by atoms with van der Waals surface area (Å²) in [6.45, 7) is 5.97. The van der Waals surface area contributed by atoms with Gasteiger partial charge >= 0.3 is 5.97 Å². The molecule has 0 aromatic carbocycles. The predicted octanol–water partition coefficient (Wildman–Crippen LogP) is 1.87. The smallest absolute Gasteiger partial charge is 0.323 e. The summed E-state index contributed by atoms with van der Waals surface area (Å²) < 4.78 is 4.61. The zero-order valence-corrected chi connectivity index (χ0v) is 9.54. The summed E-state index contributed by atoms with van der Waals surface area (Å²) in [5.41, 5.74) is 5.42. The average Bonchev–Trinajstić information content (AvgIpc) is 2.15. The molecule has 14 heavy (non-hydrogen) atoms. The summed E-state index contributed by atoms with van der Waals surface area (Å²) in [4.78, 5) is 11.2. The standard InChI is InChI=1S/C11H21NO2/c1-5-6-7-8-11(2,3)9(12)10(13)14-4/h7-9H,5-6,12H2,1-4H3/b8-7+. The molecule has 1 atom stereocenters. The van der Waals surface area contributed by atoms with Crippen LogP contribution in [0.1, 0.15) is 33.6 Å². The van der Waals surface area contributed by atoms with Crippen LogP contribution in [0.4, 0.5) is 0 Å². The molecule has 0 aliphatic heterocycles. The van der Waals surface area contributed by atoms with Gasteiger partial charge in [0.05, 0.1) is 7.11 Å². The van der Waals surface area contributed by atoms with Crippen molar-refractivity contribution in [3.8, 4) is 0 Å². The van der Waals surface area contributed by atoms with Crippen molar-refractivity contribution in [1.82, 2.24) is 0 Å². The van der Waals surface area contributed by atoms with E-state index in [0.29, 0.717) is 0 Å². The molecule has 0 bridgehead atoms. The van der Waals surface area contributed by atoms with Crippen molar-refractivity contribution in [2.75, 3.05) is 7.11 Å². The highest BCUT2D eigenvalue weighted by Crippen LogP contribution is 2.22. The number of allylic oxidation sites excluding steroid dienone is 1. The van der Waals surface area contributed by atoms with Gasteiger partial charge < -0.3 is 10.5 Å². The second-order valence-electron chi connectivity index (χ2n) is 4.01. The summed E-state index contributed by atoms with van der Waals surface area (Å²) in [6, 6.07) is -0.597. The Hall–Kier alpha value is -0.830. The molecule has 0 aromatic heterocycles. The van der Waals surface area contributed by atoms with Gasteiger partial charge in [-0.1, -0.05) is 39.3 Å². The molecular weight excluding hydrogens is 178 g/mol. The monoisotopic (exact) mass is 199 g/mol. The van der Waals surface area contributed by atoms with E-state index in [1.807, 2.05) is 19.9 Å². The third kappa shape index (κ3) is 3.92. The van der Waals surface area contributed by atoms with Crippen LogP contribution >= 0.6 is 0 Å². The Labute approximate surface area is 86.3 Å². The molecule has 82 valence electrons. The van der Waals surface area contributed by atoms with E-state index in [9.17, 15) is 4.79 Å². The van der Waals surface area contributed by atoms with Gasteiger partial charge in [0.2, 0.25) is 0 Å². The first-order valence-electron chi connectivity index (χ1n) is 4.96. The van der Waals surface area contributed by atoms with Crippen LogP contribution in [0.2, 0.25) is 0 Å². The third-order valence-corrected chi connectivity index (χ3v) is 2.26. The lowest BCUT2D eigenvalue weighted by molar-refractivity contribution is -0.144. The number of ether oxygens (including phenoxy) is 1. The van der Waals surface area contributed by atoms with E-state index in [1.165, 1.54) is 7.11 Å². The lowest BCUT2D eigenvalue weighted by atomic mass is 9.84. The number of esters is 1. The molecule has 2 N–H and O–H groups in total. The Morgan fingerprint density at radius 1 is 1.57 bits per heavy atom. The van der Waals surface area contributed by atoms with Crippen LogP contribution in [0.3, 0.4) is 0 Å². The van der Waals surface area contributed by atoms with Gasteiger partial charge in [0.25, 0.3) is 0 Å². The fourth-order valence-corrected chi connectivity index (χ4v) is 1.09. The minimum Gasteiger partial charge on any atom is -0.468 e. The first kappa shape index (κ1) is 13.2. The van der Waals surface area contributed by atoms with Gasteiger partial charge in [-0.15, -0.1) is 0 Å². The minimum atomic E-state index is -0.597. The van der Waals surface area contributed by atoms with E-state index in [4.69, 9.17) is 5.73 Å². The van der Waals surface area contributed by atoms with Gasteiger partial charge in [-0.2, -0.15) is 0 Å². The molecule has 0 saturated heterocycles. The average molecular weight is 199 g/mol. The Bertz CT molecular complexity index is 209. The zero-order valence-electron chi connectivity index (χ0n) is 9.54. The molecule has 0 aliphatic rings. The van der Waals surface area contributed by atoms with Crippen molar-refractivity contribution in [3.05, 3.63) is 12.2 Å². The summed E-state index contributed by atoms with van der Waals surface area (Å²) >= 11 is 0. The van der Waals surface area contributed by atoms with Crippen LogP contribution in [0.15, 0.2) is 12.2 Å². The molecule has 3 nitrogen and oxygen atoms in total. The predicted molar refractivity (Wildman–Crippen MR) is 57.8 cm³/mol.